The fraction of sp³-hybridized carbons (Fsp3) is 0.450. The molecule has 5 rings (SSSR count). The largest absolute Gasteiger partial charge is 0.363 e. The van der Waals surface area contributed by atoms with Gasteiger partial charge in [-0.15, -0.1) is 11.3 Å². The van der Waals surface area contributed by atoms with E-state index in [2.05, 4.69) is 20.7 Å². The predicted molar refractivity (Wildman–Crippen MR) is 112 cm³/mol. The molecule has 0 spiro atoms. The molecule has 1 saturated carbocycles. The summed E-state index contributed by atoms with van der Waals surface area (Å²) >= 11 is 1.53. The Morgan fingerprint density at radius 1 is 1.38 bits per heavy atom. The van der Waals surface area contributed by atoms with Gasteiger partial charge in [0.05, 0.1) is 26.5 Å². The zero-order valence-electron chi connectivity index (χ0n) is 16.4. The van der Waals surface area contributed by atoms with E-state index >= 15 is 4.39 Å². The number of fused-ring (bicyclic) bond motifs is 2. The van der Waals surface area contributed by atoms with E-state index in [9.17, 15) is 4.79 Å². The summed E-state index contributed by atoms with van der Waals surface area (Å²) in [5, 5.41) is 10.5. The summed E-state index contributed by atoms with van der Waals surface area (Å²) in [5.41, 5.74) is 9.35. The van der Waals surface area contributed by atoms with E-state index in [1.807, 2.05) is 24.7 Å². The SMILES string of the molecule is Cc1c2sc(-c3nc(N[C@@H]4CCCC[C@@H]4N)c(F)c4c3C(=O)NC4)cc2nn1C. The van der Waals surface area contributed by atoms with Gasteiger partial charge in [0.1, 0.15) is 5.52 Å². The third kappa shape index (κ3) is 2.91. The quantitative estimate of drug-likeness (QED) is 0.612. The number of rotatable bonds is 3. The van der Waals surface area contributed by atoms with Crippen LogP contribution in [0.25, 0.3) is 20.8 Å². The van der Waals surface area contributed by atoms with Crippen LogP contribution in [0, 0.1) is 12.7 Å². The molecule has 1 amide bonds. The van der Waals surface area contributed by atoms with Crippen molar-refractivity contribution < 1.29 is 9.18 Å². The maximum Gasteiger partial charge on any atom is 0.254 e. The molecule has 3 aromatic heterocycles. The molecule has 2 aliphatic rings. The van der Waals surface area contributed by atoms with E-state index in [0.29, 0.717) is 16.8 Å². The number of aryl methyl sites for hydroxylation is 2. The van der Waals surface area contributed by atoms with E-state index in [1.54, 1.807) is 0 Å². The summed E-state index contributed by atoms with van der Waals surface area (Å²) in [6.07, 6.45) is 3.96. The number of anilines is 1. The molecule has 2 atom stereocenters. The van der Waals surface area contributed by atoms with Crippen LogP contribution in [0.4, 0.5) is 10.2 Å². The molecule has 4 N–H and O–H groups in total. The van der Waals surface area contributed by atoms with Gasteiger partial charge in [0.25, 0.3) is 5.91 Å². The fourth-order valence-electron chi connectivity index (χ4n) is 4.28. The fourth-order valence-corrected chi connectivity index (χ4v) is 5.40. The van der Waals surface area contributed by atoms with Crippen molar-refractivity contribution in [3.63, 3.8) is 0 Å². The molecule has 0 unspecified atom stereocenters. The number of carbonyl (C=O) groups is 1. The van der Waals surface area contributed by atoms with Gasteiger partial charge in [0.15, 0.2) is 11.6 Å². The first-order valence-corrected chi connectivity index (χ1v) is 10.7. The van der Waals surface area contributed by atoms with Crippen molar-refractivity contribution in [2.45, 2.75) is 51.2 Å². The lowest BCUT2D eigenvalue weighted by Gasteiger charge is -2.30. The van der Waals surface area contributed by atoms with Crippen molar-refractivity contribution >= 4 is 33.3 Å². The van der Waals surface area contributed by atoms with Gasteiger partial charge in [-0.2, -0.15) is 5.10 Å². The summed E-state index contributed by atoms with van der Waals surface area (Å²) in [6.45, 7) is 2.17. The first kappa shape index (κ1) is 18.5. The van der Waals surface area contributed by atoms with Crippen LogP contribution in [-0.2, 0) is 13.6 Å². The standard InChI is InChI=1S/C20H23FN6OS/c1-9-18-13(26-27(9)2)7-14(29-18)17-15-10(8-23-20(15)28)16(21)19(25-17)24-12-6-4-3-5-11(12)22/h7,11-12H,3-6,8,22H2,1-2H3,(H,23,28)(H,24,25)/t11-,12+/m0/s1. The number of nitrogens with two attached hydrogens (primary N) is 1. The normalized spacial score (nSPS) is 21.4. The smallest absolute Gasteiger partial charge is 0.254 e. The molecule has 1 aliphatic carbocycles. The second-order valence-electron chi connectivity index (χ2n) is 7.89. The summed E-state index contributed by atoms with van der Waals surface area (Å²) in [7, 11) is 1.90. The van der Waals surface area contributed by atoms with Gasteiger partial charge in [-0.3, -0.25) is 9.48 Å². The highest BCUT2D eigenvalue weighted by Crippen LogP contribution is 2.39. The molecular formula is C20H23FN6OS. The molecule has 29 heavy (non-hydrogen) atoms. The zero-order valence-corrected chi connectivity index (χ0v) is 17.2. The average Bonchev–Trinajstić information content (AvgIpc) is 3.36. The number of hydrogen-bond acceptors (Lipinski definition) is 6. The molecule has 0 radical (unpaired) electrons. The summed E-state index contributed by atoms with van der Waals surface area (Å²) in [4.78, 5) is 17.9. The molecule has 3 aromatic rings. The summed E-state index contributed by atoms with van der Waals surface area (Å²) in [6, 6.07) is 1.88. The molecule has 152 valence electrons. The number of aromatic nitrogens is 3. The maximum absolute atomic E-state index is 15.2. The lowest BCUT2D eigenvalue weighted by atomic mass is 9.91. The second kappa shape index (κ2) is 6.77. The first-order valence-electron chi connectivity index (χ1n) is 9.90. The van der Waals surface area contributed by atoms with Gasteiger partial charge in [-0.05, 0) is 25.8 Å². The highest BCUT2D eigenvalue weighted by atomic mass is 32.1. The second-order valence-corrected chi connectivity index (χ2v) is 8.94. The van der Waals surface area contributed by atoms with Crippen molar-refractivity contribution in [2.24, 2.45) is 12.8 Å². The van der Waals surface area contributed by atoms with Gasteiger partial charge < -0.3 is 16.4 Å². The van der Waals surface area contributed by atoms with E-state index in [1.165, 1.54) is 11.3 Å². The Hall–Kier alpha value is -2.52. The number of halogens is 1. The van der Waals surface area contributed by atoms with Crippen LogP contribution in [0.15, 0.2) is 6.07 Å². The Kier molecular flexibility index (Phi) is 4.32. The number of nitrogens with one attached hydrogen (secondary N) is 2. The highest BCUT2D eigenvalue weighted by molar-refractivity contribution is 7.22. The lowest BCUT2D eigenvalue weighted by molar-refractivity contribution is 0.0966. The lowest BCUT2D eigenvalue weighted by Crippen LogP contribution is -2.43. The number of hydrogen-bond donors (Lipinski definition) is 3. The third-order valence-electron chi connectivity index (χ3n) is 6.05. The first-order chi connectivity index (χ1) is 13.9. The van der Waals surface area contributed by atoms with Crippen LogP contribution >= 0.6 is 11.3 Å². The Morgan fingerprint density at radius 3 is 2.93 bits per heavy atom. The van der Waals surface area contributed by atoms with Crippen LogP contribution in [0.5, 0.6) is 0 Å². The van der Waals surface area contributed by atoms with Crippen molar-refractivity contribution in [3.05, 3.63) is 28.7 Å². The minimum atomic E-state index is -0.462. The number of carbonyl (C=O) groups excluding carboxylic acids is 1. The average molecular weight is 415 g/mol. The van der Waals surface area contributed by atoms with Crippen molar-refractivity contribution in [3.8, 4) is 10.6 Å². The topological polar surface area (TPSA) is 97.9 Å². The van der Waals surface area contributed by atoms with E-state index < -0.39 is 5.82 Å². The molecule has 7 nitrogen and oxygen atoms in total. The third-order valence-corrected chi connectivity index (χ3v) is 7.29. The Morgan fingerprint density at radius 2 is 2.17 bits per heavy atom. The number of thiophene rings is 1. The Balaban J connectivity index is 1.63. The van der Waals surface area contributed by atoms with Gasteiger partial charge >= 0.3 is 0 Å². The van der Waals surface area contributed by atoms with Gasteiger partial charge in [0.2, 0.25) is 0 Å². The predicted octanol–water partition coefficient (Wildman–Crippen LogP) is 3.07. The van der Waals surface area contributed by atoms with Crippen LogP contribution in [0.1, 0.15) is 47.3 Å². The minimum Gasteiger partial charge on any atom is -0.363 e. The molecule has 0 saturated heterocycles. The molecule has 4 heterocycles. The molecule has 1 fully saturated rings. The van der Waals surface area contributed by atoms with Gasteiger partial charge in [0, 0.05) is 31.2 Å². The van der Waals surface area contributed by atoms with Crippen molar-refractivity contribution in [1.29, 1.82) is 0 Å². The zero-order chi connectivity index (χ0) is 20.3. The molecular weight excluding hydrogens is 391 g/mol. The number of amides is 1. The Labute approximate surface area is 171 Å². The monoisotopic (exact) mass is 414 g/mol. The maximum atomic E-state index is 15.2. The van der Waals surface area contributed by atoms with Crippen LogP contribution in [-0.4, -0.2) is 32.8 Å². The highest BCUT2D eigenvalue weighted by Gasteiger charge is 2.32. The van der Waals surface area contributed by atoms with Crippen LogP contribution in [0.2, 0.25) is 0 Å². The van der Waals surface area contributed by atoms with Crippen molar-refractivity contribution in [1.82, 2.24) is 20.1 Å². The van der Waals surface area contributed by atoms with E-state index in [-0.39, 0.29) is 30.4 Å². The molecule has 0 bridgehead atoms. The molecule has 1 aliphatic heterocycles. The number of pyridine rings is 1. The van der Waals surface area contributed by atoms with Crippen LogP contribution < -0.4 is 16.4 Å². The van der Waals surface area contributed by atoms with E-state index in [4.69, 9.17) is 5.73 Å². The number of nitrogens with zero attached hydrogens (tertiary/aromatic N) is 3. The molecule has 9 heteroatoms. The summed E-state index contributed by atoms with van der Waals surface area (Å²) < 4.78 is 18.1. The van der Waals surface area contributed by atoms with Gasteiger partial charge in [-0.1, -0.05) is 12.8 Å². The molecule has 0 aromatic carbocycles. The van der Waals surface area contributed by atoms with E-state index in [0.717, 1.165) is 46.5 Å². The minimum absolute atomic E-state index is 0.0192. The van der Waals surface area contributed by atoms with Crippen molar-refractivity contribution in [2.75, 3.05) is 5.32 Å². The Bertz CT molecular complexity index is 1140. The van der Waals surface area contributed by atoms with Gasteiger partial charge in [-0.25, -0.2) is 9.37 Å². The summed E-state index contributed by atoms with van der Waals surface area (Å²) in [5.74, 6) is -0.567. The van der Waals surface area contributed by atoms with Crippen LogP contribution in [0.3, 0.4) is 0 Å².